The molecule has 4 heterocycles. The van der Waals surface area contributed by atoms with E-state index in [0.717, 1.165) is 49.2 Å². The van der Waals surface area contributed by atoms with Crippen LogP contribution in [0.1, 0.15) is 17.1 Å². The van der Waals surface area contributed by atoms with E-state index in [-0.39, 0.29) is 14.5 Å². The van der Waals surface area contributed by atoms with E-state index in [4.69, 9.17) is 19.7 Å². The van der Waals surface area contributed by atoms with E-state index in [2.05, 4.69) is 24.8 Å². The van der Waals surface area contributed by atoms with Crippen molar-refractivity contribution in [1.82, 2.24) is 15.0 Å². The van der Waals surface area contributed by atoms with E-state index in [1.807, 2.05) is 6.92 Å². The van der Waals surface area contributed by atoms with Crippen LogP contribution in [0.15, 0.2) is 6.07 Å². The van der Waals surface area contributed by atoms with Crippen LogP contribution in [0.25, 0.3) is 19.6 Å². The summed E-state index contributed by atoms with van der Waals surface area (Å²) in [5.41, 5.74) is 3.46. The van der Waals surface area contributed by atoms with E-state index in [0.29, 0.717) is 0 Å². The van der Waals surface area contributed by atoms with Gasteiger partial charge in [-0.05, 0) is 0 Å². The van der Waals surface area contributed by atoms with Gasteiger partial charge in [0.25, 0.3) is 0 Å². The number of rotatable bonds is 1. The molecule has 0 spiro atoms. The second-order valence-electron chi connectivity index (χ2n) is 5.73. The van der Waals surface area contributed by atoms with Gasteiger partial charge in [0.05, 0.1) is 0 Å². The number of anilines is 1. The summed E-state index contributed by atoms with van der Waals surface area (Å²) in [6.07, 6.45) is 0. The third kappa shape index (κ3) is 2.22. The summed E-state index contributed by atoms with van der Waals surface area (Å²) in [6.45, 7) is 9.55. The fraction of sp³-hybridized carbons (Fsp3) is 0.438. The Morgan fingerprint density at radius 2 is 1.86 bits per heavy atom. The summed E-state index contributed by atoms with van der Waals surface area (Å²) < 4.78 is 7.97. The van der Waals surface area contributed by atoms with Crippen LogP contribution in [0.3, 0.4) is 0 Å². The molecular formula is C16H18N4OSe. The SMILES string of the molecule is Cc1cc(C)c2c(n1)[se]c1c(N3CCOCC3)nc(C)nc12. The van der Waals surface area contributed by atoms with Crippen molar-refractivity contribution in [2.24, 2.45) is 0 Å². The van der Waals surface area contributed by atoms with Crippen molar-refractivity contribution in [3.05, 3.63) is 23.1 Å². The summed E-state index contributed by atoms with van der Waals surface area (Å²) in [7, 11) is 0. The number of fused-ring (bicyclic) bond motifs is 3. The van der Waals surface area contributed by atoms with Gasteiger partial charge < -0.3 is 0 Å². The Kier molecular flexibility index (Phi) is 3.40. The Morgan fingerprint density at radius 3 is 2.64 bits per heavy atom. The first-order chi connectivity index (χ1) is 10.6. The van der Waals surface area contributed by atoms with Crippen LogP contribution in [0.4, 0.5) is 5.82 Å². The van der Waals surface area contributed by atoms with Crippen LogP contribution in [0.2, 0.25) is 0 Å². The number of ether oxygens (including phenoxy) is 1. The number of aryl methyl sites for hydroxylation is 3. The standard InChI is InChI=1S/C16H18N4OSe/c1-9-8-10(2)17-16-12(9)13-14(22-16)15(19-11(3)18-13)20-4-6-21-7-5-20/h8H,4-7H2,1-3H3. The van der Waals surface area contributed by atoms with Crippen LogP contribution >= 0.6 is 0 Å². The van der Waals surface area contributed by atoms with Gasteiger partial charge in [-0.2, -0.15) is 0 Å². The zero-order chi connectivity index (χ0) is 15.3. The van der Waals surface area contributed by atoms with Crippen molar-refractivity contribution in [2.45, 2.75) is 20.8 Å². The number of pyridine rings is 1. The summed E-state index contributed by atoms with van der Waals surface area (Å²) in [6, 6.07) is 2.15. The molecule has 0 aromatic carbocycles. The topological polar surface area (TPSA) is 51.1 Å². The second-order valence-corrected chi connectivity index (χ2v) is 7.83. The molecule has 0 atom stereocenters. The molecule has 4 rings (SSSR count). The molecule has 6 heteroatoms. The van der Waals surface area contributed by atoms with Crippen molar-refractivity contribution >= 4 is 39.9 Å². The molecule has 0 aliphatic carbocycles. The van der Waals surface area contributed by atoms with Gasteiger partial charge >= 0.3 is 135 Å². The quantitative estimate of drug-likeness (QED) is 0.621. The molecule has 1 aliphatic heterocycles. The first kappa shape index (κ1) is 14.1. The fourth-order valence-electron chi connectivity index (χ4n) is 3.06. The number of morpholine rings is 1. The average Bonchev–Trinajstić information content (AvgIpc) is 2.85. The van der Waals surface area contributed by atoms with Crippen molar-refractivity contribution in [3.8, 4) is 0 Å². The van der Waals surface area contributed by atoms with Crippen LogP contribution in [-0.2, 0) is 4.74 Å². The Bertz CT molecular complexity index is 868. The van der Waals surface area contributed by atoms with Crippen molar-refractivity contribution in [3.63, 3.8) is 0 Å². The van der Waals surface area contributed by atoms with Gasteiger partial charge in [0, 0.05) is 0 Å². The van der Waals surface area contributed by atoms with E-state index >= 15 is 0 Å². The number of hydrogen-bond acceptors (Lipinski definition) is 5. The number of aromatic nitrogens is 3. The number of nitrogens with zero attached hydrogens (tertiary/aromatic N) is 4. The zero-order valence-electron chi connectivity index (χ0n) is 13.0. The fourth-order valence-corrected chi connectivity index (χ4v) is 5.69. The molecule has 3 aromatic heterocycles. The van der Waals surface area contributed by atoms with Gasteiger partial charge in [0.2, 0.25) is 0 Å². The summed E-state index contributed by atoms with van der Waals surface area (Å²) in [5, 5.41) is 1.24. The molecule has 0 N–H and O–H groups in total. The number of hydrogen-bond donors (Lipinski definition) is 0. The molecule has 1 fully saturated rings. The van der Waals surface area contributed by atoms with E-state index in [1.54, 1.807) is 0 Å². The Morgan fingerprint density at radius 1 is 1.09 bits per heavy atom. The third-order valence-electron chi connectivity index (χ3n) is 4.02. The Labute approximate surface area is 135 Å². The zero-order valence-corrected chi connectivity index (χ0v) is 14.7. The molecule has 114 valence electrons. The van der Waals surface area contributed by atoms with Gasteiger partial charge in [0.15, 0.2) is 0 Å². The Hall–Kier alpha value is -1.49. The van der Waals surface area contributed by atoms with Gasteiger partial charge in [0.1, 0.15) is 0 Å². The molecule has 0 amide bonds. The van der Waals surface area contributed by atoms with Gasteiger partial charge in [-0.25, -0.2) is 0 Å². The van der Waals surface area contributed by atoms with E-state index < -0.39 is 0 Å². The maximum atomic E-state index is 5.48. The van der Waals surface area contributed by atoms with Crippen LogP contribution in [0, 0.1) is 20.8 Å². The molecule has 1 saturated heterocycles. The normalized spacial score (nSPS) is 15.9. The van der Waals surface area contributed by atoms with Crippen molar-refractivity contribution < 1.29 is 4.74 Å². The van der Waals surface area contributed by atoms with E-state index in [9.17, 15) is 0 Å². The third-order valence-corrected chi connectivity index (χ3v) is 6.26. The molecule has 1 aliphatic rings. The maximum absolute atomic E-state index is 5.48. The Balaban J connectivity index is 2.03. The van der Waals surface area contributed by atoms with Crippen LogP contribution < -0.4 is 4.90 Å². The summed E-state index contributed by atoms with van der Waals surface area (Å²) in [5.74, 6) is 1.93. The average molecular weight is 361 g/mol. The van der Waals surface area contributed by atoms with Crippen molar-refractivity contribution in [1.29, 1.82) is 0 Å². The monoisotopic (exact) mass is 362 g/mol. The predicted octanol–water partition coefficient (Wildman–Crippen LogP) is 2.00. The van der Waals surface area contributed by atoms with Crippen LogP contribution in [0.5, 0.6) is 0 Å². The molecular weight excluding hydrogens is 343 g/mol. The molecule has 3 aromatic rings. The molecule has 0 unspecified atom stereocenters. The summed E-state index contributed by atoms with van der Waals surface area (Å²) in [4.78, 5) is 16.6. The first-order valence-electron chi connectivity index (χ1n) is 7.51. The molecule has 22 heavy (non-hydrogen) atoms. The van der Waals surface area contributed by atoms with Crippen molar-refractivity contribution in [2.75, 3.05) is 31.2 Å². The first-order valence-corrected chi connectivity index (χ1v) is 9.22. The van der Waals surface area contributed by atoms with Gasteiger partial charge in [-0.15, -0.1) is 0 Å². The van der Waals surface area contributed by atoms with Crippen LogP contribution in [-0.4, -0.2) is 55.8 Å². The molecule has 0 saturated carbocycles. The van der Waals surface area contributed by atoms with E-state index in [1.165, 1.54) is 19.6 Å². The molecule has 0 radical (unpaired) electrons. The minimum atomic E-state index is 0.183. The van der Waals surface area contributed by atoms with Gasteiger partial charge in [-0.3, -0.25) is 0 Å². The summed E-state index contributed by atoms with van der Waals surface area (Å²) >= 11 is 0.183. The second kappa shape index (κ2) is 5.30. The molecule has 0 bridgehead atoms. The van der Waals surface area contributed by atoms with Gasteiger partial charge in [-0.1, -0.05) is 0 Å². The predicted molar refractivity (Wildman–Crippen MR) is 89.0 cm³/mol. The molecule has 5 nitrogen and oxygen atoms in total. The minimum absolute atomic E-state index is 0.183.